The molecule has 0 bridgehead atoms. The molecule has 0 aromatic heterocycles. The Balaban J connectivity index is 1.52. The van der Waals surface area contributed by atoms with Crippen LogP contribution in [0.25, 0.3) is 54.2 Å². The normalized spacial score (nSPS) is 11.4. The second kappa shape index (κ2) is 11.9. The second-order valence-corrected chi connectivity index (χ2v) is 12.2. The van der Waals surface area contributed by atoms with Gasteiger partial charge in [-0.1, -0.05) is 79.2 Å². The number of carbonyl (C=O) groups is 4. The molecule has 0 aliphatic heterocycles. The molecule has 2 N–H and O–H groups in total. The molecule has 0 heterocycles. The molecule has 0 aliphatic rings. The van der Waals surface area contributed by atoms with Crippen LogP contribution in [-0.2, 0) is 6.42 Å². The number of aryl methyl sites for hydroxylation is 1. The van der Waals surface area contributed by atoms with Crippen molar-refractivity contribution in [2.45, 2.75) is 26.7 Å². The van der Waals surface area contributed by atoms with Crippen LogP contribution in [0, 0.1) is 6.92 Å². The SMILES string of the molecule is CCC(=O)c1c(C(=O)O)cc2cc3ccccc3cc2c1-c1cccc2cc3cc(C(=O)O)c(C(=O)Cc4ccc(C)cc4)cc3cc12. The Morgan fingerprint density at radius 3 is 1.81 bits per heavy atom. The zero-order valence-corrected chi connectivity index (χ0v) is 26.3. The summed E-state index contributed by atoms with van der Waals surface area (Å²) in [6, 6.07) is 33.4. The first-order chi connectivity index (χ1) is 23.1. The van der Waals surface area contributed by atoms with E-state index in [4.69, 9.17) is 0 Å². The lowest BCUT2D eigenvalue weighted by molar-refractivity contribution is 0.0683. The van der Waals surface area contributed by atoms with Crippen molar-refractivity contribution in [3.63, 3.8) is 0 Å². The smallest absolute Gasteiger partial charge is 0.336 e. The number of carboxylic acids is 2. The van der Waals surface area contributed by atoms with Gasteiger partial charge in [0.2, 0.25) is 0 Å². The summed E-state index contributed by atoms with van der Waals surface area (Å²) in [5.41, 5.74) is 3.17. The molecule has 0 radical (unpaired) electrons. The lowest BCUT2D eigenvalue weighted by atomic mass is 9.84. The van der Waals surface area contributed by atoms with Crippen LogP contribution in [0.4, 0.5) is 0 Å². The zero-order chi connectivity index (χ0) is 33.7. The maximum absolute atomic E-state index is 13.6. The number of aromatic carboxylic acids is 2. The van der Waals surface area contributed by atoms with E-state index in [9.17, 15) is 29.4 Å². The molecule has 6 heteroatoms. The fraction of sp³-hybridized carbons (Fsp3) is 0.0952. The van der Waals surface area contributed by atoms with E-state index in [0.29, 0.717) is 27.3 Å². The molecule has 7 aromatic rings. The number of hydrogen-bond donors (Lipinski definition) is 2. The van der Waals surface area contributed by atoms with E-state index < -0.39 is 11.9 Å². The molecule has 0 saturated carbocycles. The third-order valence-electron chi connectivity index (χ3n) is 9.10. The molecule has 0 fully saturated rings. The fourth-order valence-electron chi connectivity index (χ4n) is 6.69. The molecule has 234 valence electrons. The number of benzene rings is 7. The van der Waals surface area contributed by atoms with Gasteiger partial charge in [0.05, 0.1) is 11.1 Å². The van der Waals surface area contributed by atoms with E-state index >= 15 is 0 Å². The predicted octanol–water partition coefficient (Wildman–Crippen LogP) is 9.69. The lowest BCUT2D eigenvalue weighted by Gasteiger charge is -2.18. The van der Waals surface area contributed by atoms with Crippen LogP contribution in [0.1, 0.15) is 65.9 Å². The van der Waals surface area contributed by atoms with Crippen molar-refractivity contribution < 1.29 is 29.4 Å². The van der Waals surface area contributed by atoms with E-state index in [1.807, 2.05) is 97.9 Å². The summed E-state index contributed by atoms with van der Waals surface area (Å²) in [5, 5.41) is 26.6. The lowest BCUT2D eigenvalue weighted by Crippen LogP contribution is -2.11. The van der Waals surface area contributed by atoms with Crippen molar-refractivity contribution in [1.29, 1.82) is 0 Å². The first-order valence-electron chi connectivity index (χ1n) is 15.7. The van der Waals surface area contributed by atoms with Gasteiger partial charge in [-0.2, -0.15) is 0 Å². The molecule has 0 spiro atoms. The Morgan fingerprint density at radius 1 is 0.542 bits per heavy atom. The first kappa shape index (κ1) is 30.5. The van der Waals surface area contributed by atoms with Gasteiger partial charge in [0, 0.05) is 29.5 Å². The van der Waals surface area contributed by atoms with Gasteiger partial charge in [-0.05, 0) is 104 Å². The number of Topliss-reactive ketones (excluding diaryl/α,β-unsaturated/α-hetero) is 2. The molecule has 48 heavy (non-hydrogen) atoms. The van der Waals surface area contributed by atoms with Gasteiger partial charge < -0.3 is 10.2 Å². The van der Waals surface area contributed by atoms with Crippen molar-refractivity contribution in [2.24, 2.45) is 0 Å². The molecule has 7 rings (SSSR count). The first-order valence-corrected chi connectivity index (χ1v) is 15.7. The van der Waals surface area contributed by atoms with E-state index in [0.717, 1.165) is 38.1 Å². The number of fused-ring (bicyclic) bond motifs is 4. The minimum Gasteiger partial charge on any atom is -0.478 e. The summed E-state index contributed by atoms with van der Waals surface area (Å²) in [7, 11) is 0. The molecular weight excluding hydrogens is 600 g/mol. The topological polar surface area (TPSA) is 109 Å². The van der Waals surface area contributed by atoms with Crippen LogP contribution >= 0.6 is 0 Å². The average molecular weight is 631 g/mol. The summed E-state index contributed by atoms with van der Waals surface area (Å²) >= 11 is 0. The molecule has 0 aliphatic carbocycles. The molecular formula is C42H30O6. The molecule has 0 unspecified atom stereocenters. The van der Waals surface area contributed by atoms with Crippen LogP contribution in [0.3, 0.4) is 0 Å². The van der Waals surface area contributed by atoms with Gasteiger partial charge in [-0.3, -0.25) is 9.59 Å². The molecule has 0 amide bonds. The van der Waals surface area contributed by atoms with Gasteiger partial charge in [0.25, 0.3) is 0 Å². The van der Waals surface area contributed by atoms with Crippen LogP contribution < -0.4 is 0 Å². The average Bonchev–Trinajstić information content (AvgIpc) is 3.08. The van der Waals surface area contributed by atoms with Crippen molar-refractivity contribution in [3.05, 3.63) is 143 Å². The predicted molar refractivity (Wildman–Crippen MR) is 190 cm³/mol. The Labute approximate surface area is 275 Å². The quantitative estimate of drug-likeness (QED) is 0.128. The Kier molecular flexibility index (Phi) is 7.56. The Hall–Kier alpha value is -6.14. The zero-order valence-electron chi connectivity index (χ0n) is 26.3. The van der Waals surface area contributed by atoms with E-state index in [1.165, 1.54) is 6.07 Å². The van der Waals surface area contributed by atoms with Crippen molar-refractivity contribution in [2.75, 3.05) is 0 Å². The van der Waals surface area contributed by atoms with Crippen LogP contribution in [-0.4, -0.2) is 33.7 Å². The van der Waals surface area contributed by atoms with Crippen molar-refractivity contribution in [3.8, 4) is 11.1 Å². The third kappa shape index (κ3) is 5.27. The Bertz CT molecular complexity index is 2510. The van der Waals surface area contributed by atoms with E-state index in [1.54, 1.807) is 19.1 Å². The number of carbonyl (C=O) groups excluding carboxylic acids is 2. The summed E-state index contributed by atoms with van der Waals surface area (Å²) in [4.78, 5) is 52.2. The maximum Gasteiger partial charge on any atom is 0.336 e. The molecule has 7 aromatic carbocycles. The van der Waals surface area contributed by atoms with Gasteiger partial charge in [-0.25, -0.2) is 9.59 Å². The summed E-state index contributed by atoms with van der Waals surface area (Å²) in [6.45, 7) is 3.67. The minimum atomic E-state index is -1.19. The minimum absolute atomic E-state index is 0.0509. The van der Waals surface area contributed by atoms with E-state index in [2.05, 4.69) is 0 Å². The number of hydrogen-bond acceptors (Lipinski definition) is 4. The highest BCUT2D eigenvalue weighted by atomic mass is 16.4. The van der Waals surface area contributed by atoms with Crippen molar-refractivity contribution >= 4 is 66.6 Å². The fourth-order valence-corrected chi connectivity index (χ4v) is 6.69. The van der Waals surface area contributed by atoms with Gasteiger partial charge >= 0.3 is 11.9 Å². The van der Waals surface area contributed by atoms with Crippen molar-refractivity contribution in [1.82, 2.24) is 0 Å². The molecule has 0 saturated heterocycles. The number of carboxylic acid groups (broad SMARTS) is 2. The standard InChI is InChI=1S/C42H30O6/c1-3-37(43)40-36(42(47)48)22-30-16-25-7-4-5-8-26(25)18-33(30)39(40)31-10-6-9-27-17-28-21-35(41(45)46)34(20-29(28)19-32(27)31)38(44)15-24-13-11-23(2)12-14-24/h4-14,16-22H,3,15H2,1-2H3,(H,45,46)(H,47,48). The highest BCUT2D eigenvalue weighted by Crippen LogP contribution is 2.41. The largest absolute Gasteiger partial charge is 0.478 e. The molecule has 6 nitrogen and oxygen atoms in total. The summed E-state index contributed by atoms with van der Waals surface area (Å²) in [6.07, 6.45) is 0.166. The van der Waals surface area contributed by atoms with E-state index in [-0.39, 0.29) is 46.7 Å². The molecule has 0 atom stereocenters. The number of ketones is 2. The number of rotatable bonds is 8. The third-order valence-corrected chi connectivity index (χ3v) is 9.10. The highest BCUT2D eigenvalue weighted by molar-refractivity contribution is 6.22. The monoisotopic (exact) mass is 630 g/mol. The van der Waals surface area contributed by atoms with Crippen LogP contribution in [0.15, 0.2) is 109 Å². The van der Waals surface area contributed by atoms with Gasteiger partial charge in [0.1, 0.15) is 0 Å². The van der Waals surface area contributed by atoms with Gasteiger partial charge in [0.15, 0.2) is 11.6 Å². The maximum atomic E-state index is 13.6. The summed E-state index contributed by atoms with van der Waals surface area (Å²) in [5.74, 6) is -2.98. The second-order valence-electron chi connectivity index (χ2n) is 12.2. The van der Waals surface area contributed by atoms with Gasteiger partial charge in [-0.15, -0.1) is 0 Å². The van der Waals surface area contributed by atoms with Crippen LogP contribution in [0.5, 0.6) is 0 Å². The van der Waals surface area contributed by atoms with Crippen LogP contribution in [0.2, 0.25) is 0 Å². The summed E-state index contributed by atoms with van der Waals surface area (Å²) < 4.78 is 0. The highest BCUT2D eigenvalue weighted by Gasteiger charge is 2.25. The Morgan fingerprint density at radius 2 is 1.12 bits per heavy atom.